The average Bonchev–Trinajstić information content (AvgIpc) is 2.46. The predicted molar refractivity (Wildman–Crippen MR) is 73.2 cm³/mol. The van der Waals surface area contributed by atoms with Crippen molar-refractivity contribution in [1.82, 2.24) is 10.2 Å². The van der Waals surface area contributed by atoms with Gasteiger partial charge in [-0.2, -0.15) is 5.26 Å². The molecule has 0 spiro atoms. The van der Waals surface area contributed by atoms with E-state index in [0.29, 0.717) is 18.7 Å². The minimum atomic E-state index is -0.390. The van der Waals surface area contributed by atoms with Crippen molar-refractivity contribution < 1.29 is 9.18 Å². The first-order chi connectivity index (χ1) is 9.62. The lowest BCUT2D eigenvalue weighted by molar-refractivity contribution is -0.126. The predicted octanol–water partition coefficient (Wildman–Crippen LogP) is 1.66. The first-order valence-electron chi connectivity index (χ1n) is 6.76. The smallest absolute Gasteiger partial charge is 0.224 e. The van der Waals surface area contributed by atoms with E-state index >= 15 is 0 Å². The van der Waals surface area contributed by atoms with Gasteiger partial charge in [-0.25, -0.2) is 4.39 Å². The van der Waals surface area contributed by atoms with Gasteiger partial charge in [-0.15, -0.1) is 0 Å². The third-order valence-corrected chi connectivity index (χ3v) is 3.62. The Hall–Kier alpha value is -1.93. The zero-order chi connectivity index (χ0) is 14.5. The fraction of sp³-hybridized carbons (Fsp3) is 0.467. The number of amides is 1. The van der Waals surface area contributed by atoms with Crippen LogP contribution in [-0.2, 0) is 11.3 Å². The standard InChI is InChI=1S/C15H18FN3O/c1-18-15(20)13-3-2-4-19(10-13)9-12-5-11(8-17)6-14(16)7-12/h5-7,13H,2-4,9-10H2,1H3,(H,18,20). The molecule has 1 atom stereocenters. The highest BCUT2D eigenvalue weighted by Crippen LogP contribution is 2.19. The normalized spacial score (nSPS) is 19.4. The molecule has 20 heavy (non-hydrogen) atoms. The second-order valence-corrected chi connectivity index (χ2v) is 5.15. The van der Waals surface area contributed by atoms with Gasteiger partial charge in [-0.3, -0.25) is 9.69 Å². The Morgan fingerprint density at radius 1 is 1.55 bits per heavy atom. The highest BCUT2D eigenvalue weighted by atomic mass is 19.1. The van der Waals surface area contributed by atoms with Gasteiger partial charge < -0.3 is 5.32 Å². The van der Waals surface area contributed by atoms with Crippen LogP contribution in [0.5, 0.6) is 0 Å². The maximum Gasteiger partial charge on any atom is 0.224 e. The molecule has 5 heteroatoms. The minimum absolute atomic E-state index is 0.00209. The van der Waals surface area contributed by atoms with Gasteiger partial charge in [-0.05, 0) is 43.1 Å². The van der Waals surface area contributed by atoms with Gasteiger partial charge in [0.05, 0.1) is 17.6 Å². The van der Waals surface area contributed by atoms with Crippen LogP contribution in [0.3, 0.4) is 0 Å². The Kier molecular flexibility index (Phi) is 4.70. The summed E-state index contributed by atoms with van der Waals surface area (Å²) in [6.45, 7) is 2.14. The number of piperidine rings is 1. The van der Waals surface area contributed by atoms with Crippen molar-refractivity contribution in [3.63, 3.8) is 0 Å². The summed E-state index contributed by atoms with van der Waals surface area (Å²) in [7, 11) is 1.65. The molecule has 0 saturated carbocycles. The number of nitrogens with one attached hydrogen (secondary N) is 1. The summed E-state index contributed by atoms with van der Waals surface area (Å²) in [6.07, 6.45) is 1.85. The number of hydrogen-bond donors (Lipinski definition) is 1. The van der Waals surface area contributed by atoms with Crippen molar-refractivity contribution >= 4 is 5.91 Å². The van der Waals surface area contributed by atoms with Crippen LogP contribution >= 0.6 is 0 Å². The molecule has 1 aliphatic rings. The van der Waals surface area contributed by atoms with E-state index in [4.69, 9.17) is 5.26 Å². The fourth-order valence-electron chi connectivity index (χ4n) is 2.68. The first kappa shape index (κ1) is 14.5. The molecule has 1 N–H and O–H groups in total. The average molecular weight is 275 g/mol. The zero-order valence-electron chi connectivity index (χ0n) is 11.5. The lowest BCUT2D eigenvalue weighted by Gasteiger charge is -2.31. The van der Waals surface area contributed by atoms with Crippen molar-refractivity contribution in [3.8, 4) is 6.07 Å². The molecule has 0 bridgehead atoms. The van der Waals surface area contributed by atoms with Gasteiger partial charge in [0.1, 0.15) is 5.82 Å². The second kappa shape index (κ2) is 6.49. The molecule has 1 saturated heterocycles. The summed E-state index contributed by atoms with van der Waals surface area (Å²) < 4.78 is 13.4. The van der Waals surface area contributed by atoms with E-state index < -0.39 is 0 Å². The van der Waals surface area contributed by atoms with Crippen LogP contribution in [0.25, 0.3) is 0 Å². The van der Waals surface area contributed by atoms with E-state index in [1.807, 2.05) is 6.07 Å². The molecule has 4 nitrogen and oxygen atoms in total. The summed E-state index contributed by atoms with van der Waals surface area (Å²) in [5, 5.41) is 11.5. The first-order valence-corrected chi connectivity index (χ1v) is 6.76. The van der Waals surface area contributed by atoms with Crippen molar-refractivity contribution in [3.05, 3.63) is 35.1 Å². The van der Waals surface area contributed by atoms with Crippen molar-refractivity contribution in [1.29, 1.82) is 5.26 Å². The van der Waals surface area contributed by atoms with E-state index in [2.05, 4.69) is 10.2 Å². The SMILES string of the molecule is CNC(=O)C1CCCN(Cc2cc(F)cc(C#N)c2)C1. The molecule has 1 fully saturated rings. The lowest BCUT2D eigenvalue weighted by Crippen LogP contribution is -2.41. The highest BCUT2D eigenvalue weighted by Gasteiger charge is 2.25. The van der Waals surface area contributed by atoms with Gasteiger partial charge in [-0.1, -0.05) is 0 Å². The van der Waals surface area contributed by atoms with E-state index in [1.165, 1.54) is 12.1 Å². The number of nitrogens with zero attached hydrogens (tertiary/aromatic N) is 2. The van der Waals surface area contributed by atoms with Gasteiger partial charge in [0, 0.05) is 20.1 Å². The van der Waals surface area contributed by atoms with E-state index in [1.54, 1.807) is 13.1 Å². The lowest BCUT2D eigenvalue weighted by atomic mass is 9.96. The summed E-state index contributed by atoms with van der Waals surface area (Å²) in [4.78, 5) is 13.8. The Labute approximate surface area is 118 Å². The van der Waals surface area contributed by atoms with Crippen molar-refractivity contribution in [2.75, 3.05) is 20.1 Å². The van der Waals surface area contributed by atoms with Crippen LogP contribution in [-0.4, -0.2) is 30.9 Å². The Balaban J connectivity index is 2.04. The molecule has 2 rings (SSSR count). The molecule has 1 aliphatic heterocycles. The van der Waals surface area contributed by atoms with Crippen LogP contribution in [0.15, 0.2) is 18.2 Å². The number of benzene rings is 1. The van der Waals surface area contributed by atoms with Crippen LogP contribution in [0.1, 0.15) is 24.0 Å². The summed E-state index contributed by atoms with van der Waals surface area (Å²) in [6, 6.07) is 6.34. The molecule has 0 aliphatic carbocycles. The number of halogens is 1. The monoisotopic (exact) mass is 275 g/mol. The number of nitriles is 1. The maximum atomic E-state index is 13.4. The van der Waals surface area contributed by atoms with Gasteiger partial charge in [0.25, 0.3) is 0 Å². The Bertz CT molecular complexity index is 538. The van der Waals surface area contributed by atoms with Crippen molar-refractivity contribution in [2.45, 2.75) is 19.4 Å². The molecular formula is C15H18FN3O. The van der Waals surface area contributed by atoms with Crippen LogP contribution < -0.4 is 5.32 Å². The molecule has 1 aromatic carbocycles. The van der Waals surface area contributed by atoms with Gasteiger partial charge in [0.15, 0.2) is 0 Å². The van der Waals surface area contributed by atoms with Crippen molar-refractivity contribution in [2.24, 2.45) is 5.92 Å². The largest absolute Gasteiger partial charge is 0.359 e. The third kappa shape index (κ3) is 3.55. The van der Waals surface area contributed by atoms with E-state index in [9.17, 15) is 9.18 Å². The molecule has 1 amide bonds. The molecule has 0 radical (unpaired) electrons. The minimum Gasteiger partial charge on any atom is -0.359 e. The van der Waals surface area contributed by atoms with Crippen LogP contribution in [0.2, 0.25) is 0 Å². The number of likely N-dealkylation sites (tertiary alicyclic amines) is 1. The van der Waals surface area contributed by atoms with E-state index in [0.717, 1.165) is 24.9 Å². The Morgan fingerprint density at radius 3 is 3.05 bits per heavy atom. The molecule has 106 valence electrons. The summed E-state index contributed by atoms with van der Waals surface area (Å²) >= 11 is 0. The fourth-order valence-corrected chi connectivity index (χ4v) is 2.68. The third-order valence-electron chi connectivity index (χ3n) is 3.62. The summed E-state index contributed by atoms with van der Waals surface area (Å²) in [5.41, 5.74) is 1.11. The molecule has 0 aromatic heterocycles. The topological polar surface area (TPSA) is 56.1 Å². The molecule has 1 unspecified atom stereocenters. The quantitative estimate of drug-likeness (QED) is 0.912. The number of carbonyl (C=O) groups excluding carboxylic acids is 1. The number of rotatable bonds is 3. The zero-order valence-corrected chi connectivity index (χ0v) is 11.5. The number of carbonyl (C=O) groups is 1. The molecular weight excluding hydrogens is 257 g/mol. The second-order valence-electron chi connectivity index (χ2n) is 5.15. The summed E-state index contributed by atoms with van der Waals surface area (Å²) in [5.74, 6) is -0.330. The molecule has 1 aromatic rings. The molecule has 1 heterocycles. The van der Waals surface area contributed by atoms with Crippen LogP contribution in [0, 0.1) is 23.1 Å². The maximum absolute atomic E-state index is 13.4. The van der Waals surface area contributed by atoms with Crippen LogP contribution in [0.4, 0.5) is 4.39 Å². The number of hydrogen-bond acceptors (Lipinski definition) is 3. The Morgan fingerprint density at radius 2 is 2.35 bits per heavy atom. The van der Waals surface area contributed by atoms with E-state index in [-0.39, 0.29) is 17.6 Å². The van der Waals surface area contributed by atoms with Gasteiger partial charge >= 0.3 is 0 Å². The highest BCUT2D eigenvalue weighted by molar-refractivity contribution is 5.78. The van der Waals surface area contributed by atoms with Gasteiger partial charge in [0.2, 0.25) is 5.91 Å².